The highest BCUT2D eigenvalue weighted by Crippen LogP contribution is 2.29. The lowest BCUT2D eigenvalue weighted by Gasteiger charge is -2.13. The number of alkyl halides is 3. The minimum Gasteiger partial charge on any atom is -0.465 e. The van der Waals surface area contributed by atoms with Crippen molar-refractivity contribution < 1.29 is 27.1 Å². The van der Waals surface area contributed by atoms with Gasteiger partial charge in [-0.15, -0.1) is 0 Å². The highest BCUT2D eigenvalue weighted by molar-refractivity contribution is 5.78. The Hall–Kier alpha value is -3.15. The average Bonchev–Trinajstić information content (AvgIpc) is 2.73. The Morgan fingerprint density at radius 3 is 2.23 bits per heavy atom. The molecule has 0 aliphatic carbocycles. The third-order valence-electron chi connectivity index (χ3n) is 4.85. The van der Waals surface area contributed by atoms with Gasteiger partial charge in [-0.25, -0.2) is 4.39 Å². The molecule has 0 saturated heterocycles. The Kier molecular flexibility index (Phi) is 6.55. The molecule has 3 rings (SSSR count). The Morgan fingerprint density at radius 1 is 0.967 bits per heavy atom. The molecule has 0 amide bonds. The number of rotatable bonds is 6. The van der Waals surface area contributed by atoms with Crippen LogP contribution in [0.3, 0.4) is 0 Å². The second kappa shape index (κ2) is 9.11. The van der Waals surface area contributed by atoms with Gasteiger partial charge in [0, 0.05) is 12.0 Å². The van der Waals surface area contributed by atoms with E-state index >= 15 is 0 Å². The largest absolute Gasteiger partial charge is 0.465 e. The molecule has 0 fully saturated rings. The van der Waals surface area contributed by atoms with Crippen LogP contribution in [0.5, 0.6) is 0 Å². The second-order valence-electron chi connectivity index (χ2n) is 6.94. The van der Waals surface area contributed by atoms with Crippen LogP contribution in [-0.2, 0) is 22.1 Å². The molecule has 0 unspecified atom stereocenters. The molecule has 2 nitrogen and oxygen atoms in total. The zero-order chi connectivity index (χ0) is 21.7. The van der Waals surface area contributed by atoms with E-state index in [4.69, 9.17) is 4.74 Å². The van der Waals surface area contributed by atoms with Crippen LogP contribution >= 0.6 is 0 Å². The first-order chi connectivity index (χ1) is 14.3. The zero-order valence-electron chi connectivity index (χ0n) is 16.2. The summed E-state index contributed by atoms with van der Waals surface area (Å²) < 4.78 is 57.5. The van der Waals surface area contributed by atoms with Crippen LogP contribution in [0.25, 0.3) is 11.1 Å². The zero-order valence-corrected chi connectivity index (χ0v) is 16.2. The van der Waals surface area contributed by atoms with Crippen LogP contribution in [-0.4, -0.2) is 12.6 Å². The molecule has 30 heavy (non-hydrogen) atoms. The van der Waals surface area contributed by atoms with Crippen molar-refractivity contribution in [1.29, 1.82) is 0 Å². The number of hydrogen-bond donors (Lipinski definition) is 0. The molecule has 1 atom stereocenters. The summed E-state index contributed by atoms with van der Waals surface area (Å²) in [6.07, 6.45) is -4.09. The van der Waals surface area contributed by atoms with E-state index in [0.29, 0.717) is 16.7 Å². The highest BCUT2D eigenvalue weighted by Gasteiger charge is 2.29. The van der Waals surface area contributed by atoms with Crippen molar-refractivity contribution in [2.75, 3.05) is 6.61 Å². The van der Waals surface area contributed by atoms with Crippen LogP contribution in [0.15, 0.2) is 72.8 Å². The molecule has 0 N–H and O–H groups in total. The predicted molar refractivity (Wildman–Crippen MR) is 106 cm³/mol. The van der Waals surface area contributed by atoms with Crippen LogP contribution in [0, 0.1) is 5.82 Å². The molecule has 0 aromatic heterocycles. The number of halogens is 4. The van der Waals surface area contributed by atoms with Crippen LogP contribution in [0.2, 0.25) is 0 Å². The molecule has 156 valence electrons. The van der Waals surface area contributed by atoms with E-state index in [-0.39, 0.29) is 13.0 Å². The third-order valence-corrected chi connectivity index (χ3v) is 4.85. The summed E-state index contributed by atoms with van der Waals surface area (Å²) in [5.74, 6) is -1.62. The number of carbonyl (C=O) groups excluding carboxylic acids is 1. The van der Waals surface area contributed by atoms with Gasteiger partial charge in [-0.1, -0.05) is 54.6 Å². The normalized spacial score (nSPS) is 12.4. The summed E-state index contributed by atoms with van der Waals surface area (Å²) in [7, 11) is 0. The lowest BCUT2D eigenvalue weighted by Crippen LogP contribution is -2.15. The van der Waals surface area contributed by atoms with Crippen molar-refractivity contribution >= 4 is 5.97 Å². The molecule has 0 saturated carbocycles. The van der Waals surface area contributed by atoms with E-state index in [1.54, 1.807) is 31.2 Å². The predicted octanol–water partition coefficient (Wildman–Crippen LogP) is 6.40. The second-order valence-corrected chi connectivity index (χ2v) is 6.94. The van der Waals surface area contributed by atoms with E-state index in [1.165, 1.54) is 18.2 Å². The number of esters is 1. The van der Waals surface area contributed by atoms with Crippen molar-refractivity contribution in [3.05, 3.63) is 95.3 Å². The molecule has 0 heterocycles. The average molecular weight is 416 g/mol. The molecule has 0 spiro atoms. The first-order valence-corrected chi connectivity index (χ1v) is 9.43. The highest BCUT2D eigenvalue weighted by atomic mass is 19.4. The molecule has 0 radical (unpaired) electrons. The van der Waals surface area contributed by atoms with Crippen molar-refractivity contribution in [3.63, 3.8) is 0 Å². The molecule has 3 aromatic rings. The molecule has 0 bridgehead atoms. The fraction of sp³-hybridized carbons (Fsp3) is 0.208. The Balaban J connectivity index is 1.57. The van der Waals surface area contributed by atoms with E-state index in [0.717, 1.165) is 17.7 Å². The third kappa shape index (κ3) is 5.26. The quantitative estimate of drug-likeness (QED) is 0.343. The van der Waals surface area contributed by atoms with Crippen molar-refractivity contribution in [3.8, 4) is 11.1 Å². The van der Waals surface area contributed by atoms with Gasteiger partial charge in [0.25, 0.3) is 0 Å². The maximum absolute atomic E-state index is 14.5. The van der Waals surface area contributed by atoms with Gasteiger partial charge >= 0.3 is 12.1 Å². The van der Waals surface area contributed by atoms with Gasteiger partial charge in [0.2, 0.25) is 0 Å². The lowest BCUT2D eigenvalue weighted by molar-refractivity contribution is -0.145. The fourth-order valence-corrected chi connectivity index (χ4v) is 3.04. The summed E-state index contributed by atoms with van der Waals surface area (Å²) in [4.78, 5) is 12.3. The minimum absolute atomic E-state index is 0.0269. The Labute approximate surface area is 172 Å². The van der Waals surface area contributed by atoms with Crippen molar-refractivity contribution in [2.45, 2.75) is 25.4 Å². The summed E-state index contributed by atoms with van der Waals surface area (Å²) in [5.41, 5.74) is 1.59. The van der Waals surface area contributed by atoms with Crippen LogP contribution in [0.1, 0.15) is 29.5 Å². The van der Waals surface area contributed by atoms with Gasteiger partial charge in [-0.2, -0.15) is 13.2 Å². The van der Waals surface area contributed by atoms with E-state index in [2.05, 4.69) is 0 Å². The SMILES string of the molecule is C[C@@H](C(=O)OCCc1ccc(C(F)(F)F)cc1)c1ccc(-c2ccccc2)c(F)c1. The number of carbonyl (C=O) groups is 1. The van der Waals surface area contributed by atoms with Crippen LogP contribution < -0.4 is 0 Å². The van der Waals surface area contributed by atoms with Gasteiger partial charge in [-0.05, 0) is 41.8 Å². The van der Waals surface area contributed by atoms with Gasteiger partial charge < -0.3 is 4.74 Å². The molecular weight excluding hydrogens is 396 g/mol. The monoisotopic (exact) mass is 416 g/mol. The standard InChI is InChI=1S/C24H20F4O2/c1-16(19-9-12-21(22(25)15-19)18-5-3-2-4-6-18)23(29)30-14-13-17-7-10-20(11-8-17)24(26,27)28/h2-12,15-16H,13-14H2,1H3/t16-/m1/s1. The van der Waals surface area contributed by atoms with Gasteiger partial charge in [-0.3, -0.25) is 4.79 Å². The number of ether oxygens (including phenoxy) is 1. The van der Waals surface area contributed by atoms with Gasteiger partial charge in [0.05, 0.1) is 18.1 Å². The summed E-state index contributed by atoms with van der Waals surface area (Å²) in [6, 6.07) is 18.4. The van der Waals surface area contributed by atoms with E-state index < -0.39 is 29.4 Å². The summed E-state index contributed by atoms with van der Waals surface area (Å²) >= 11 is 0. The number of benzene rings is 3. The topological polar surface area (TPSA) is 26.3 Å². The van der Waals surface area contributed by atoms with Crippen molar-refractivity contribution in [2.24, 2.45) is 0 Å². The molecule has 6 heteroatoms. The molecule has 0 aliphatic heterocycles. The number of hydrogen-bond acceptors (Lipinski definition) is 2. The molecular formula is C24H20F4O2. The smallest absolute Gasteiger partial charge is 0.416 e. The van der Waals surface area contributed by atoms with Gasteiger partial charge in [0.1, 0.15) is 5.82 Å². The van der Waals surface area contributed by atoms with E-state index in [9.17, 15) is 22.4 Å². The summed E-state index contributed by atoms with van der Waals surface area (Å²) in [6.45, 7) is 1.65. The van der Waals surface area contributed by atoms with E-state index in [1.807, 2.05) is 18.2 Å². The molecule has 0 aliphatic rings. The fourth-order valence-electron chi connectivity index (χ4n) is 3.04. The first kappa shape index (κ1) is 21.6. The van der Waals surface area contributed by atoms with Crippen LogP contribution in [0.4, 0.5) is 17.6 Å². The Morgan fingerprint density at radius 2 is 1.63 bits per heavy atom. The Bertz CT molecular complexity index is 996. The maximum Gasteiger partial charge on any atom is 0.416 e. The van der Waals surface area contributed by atoms with Crippen molar-refractivity contribution in [1.82, 2.24) is 0 Å². The molecule has 3 aromatic carbocycles. The first-order valence-electron chi connectivity index (χ1n) is 9.43. The minimum atomic E-state index is -4.38. The maximum atomic E-state index is 14.5. The summed E-state index contributed by atoms with van der Waals surface area (Å²) in [5, 5.41) is 0. The van der Waals surface area contributed by atoms with Gasteiger partial charge in [0.15, 0.2) is 0 Å². The lowest BCUT2D eigenvalue weighted by atomic mass is 9.97.